The number of ether oxygens (including phenoxy) is 3. The number of ketones is 1. The van der Waals surface area contributed by atoms with Gasteiger partial charge in [0.05, 0.1) is 18.6 Å². The van der Waals surface area contributed by atoms with E-state index in [0.29, 0.717) is 18.7 Å². The molecular weight excluding hydrogens is 368 g/mol. The van der Waals surface area contributed by atoms with Crippen LogP contribution in [0.1, 0.15) is 32.1 Å². The van der Waals surface area contributed by atoms with Crippen LogP contribution in [0.2, 0.25) is 0 Å². The zero-order valence-electron chi connectivity index (χ0n) is 16.2. The number of carbonyl (C=O) groups is 2. The second kappa shape index (κ2) is 9.14. The van der Waals surface area contributed by atoms with Crippen molar-refractivity contribution >= 4 is 17.4 Å². The van der Waals surface area contributed by atoms with E-state index in [0.717, 1.165) is 17.5 Å². The van der Waals surface area contributed by atoms with Crippen LogP contribution in [0.4, 0.5) is 5.69 Å². The number of Topliss-reactive ketones (excluding diaryl/α,β-unsaturated/α-hetero) is 1. The van der Waals surface area contributed by atoms with Gasteiger partial charge in [0.15, 0.2) is 6.61 Å². The van der Waals surface area contributed by atoms with Gasteiger partial charge in [-0.3, -0.25) is 14.9 Å². The Labute approximate surface area is 162 Å². The maximum atomic E-state index is 12.5. The predicted octanol–water partition coefficient (Wildman–Crippen LogP) is 2.71. The van der Waals surface area contributed by atoms with E-state index in [1.807, 2.05) is 11.5 Å². The molecule has 9 heteroatoms. The van der Waals surface area contributed by atoms with Gasteiger partial charge in [-0.05, 0) is 26.0 Å². The molecule has 0 spiro atoms. The lowest BCUT2D eigenvalue weighted by molar-refractivity contribution is -0.384. The Bertz CT molecular complexity index is 902. The van der Waals surface area contributed by atoms with Crippen LogP contribution in [0.15, 0.2) is 24.3 Å². The Hall–Kier alpha value is -3.20. The molecule has 0 saturated carbocycles. The molecule has 0 fully saturated rings. The topological polar surface area (TPSA) is 110 Å². The van der Waals surface area contributed by atoms with Gasteiger partial charge in [-0.25, -0.2) is 4.79 Å². The molecule has 28 heavy (non-hydrogen) atoms. The highest BCUT2D eigenvalue weighted by Gasteiger charge is 2.21. The molecule has 1 aromatic carbocycles. The number of hydrogen-bond donors (Lipinski definition) is 0. The average Bonchev–Trinajstić information content (AvgIpc) is 2.97. The summed E-state index contributed by atoms with van der Waals surface area (Å²) in [5.41, 5.74) is 1.70. The molecule has 0 aliphatic carbocycles. The van der Waals surface area contributed by atoms with Gasteiger partial charge in [0.25, 0.3) is 5.69 Å². The molecule has 0 atom stereocenters. The Morgan fingerprint density at radius 1 is 1.14 bits per heavy atom. The zero-order valence-corrected chi connectivity index (χ0v) is 16.2. The van der Waals surface area contributed by atoms with E-state index in [1.54, 1.807) is 20.1 Å². The molecule has 2 aromatic rings. The number of non-ortho nitro benzene ring substituents is 1. The summed E-state index contributed by atoms with van der Waals surface area (Å²) in [4.78, 5) is 35.1. The van der Waals surface area contributed by atoms with E-state index in [1.165, 1.54) is 19.2 Å². The summed E-state index contributed by atoms with van der Waals surface area (Å²) in [6.07, 6.45) is 0. The van der Waals surface area contributed by atoms with Gasteiger partial charge in [0.1, 0.15) is 11.3 Å². The fourth-order valence-corrected chi connectivity index (χ4v) is 2.87. The number of rotatable bonds is 9. The quantitative estimate of drug-likeness (QED) is 0.280. The van der Waals surface area contributed by atoms with Crippen molar-refractivity contribution in [2.75, 3.05) is 27.4 Å². The van der Waals surface area contributed by atoms with Crippen molar-refractivity contribution in [3.63, 3.8) is 0 Å². The maximum absolute atomic E-state index is 12.5. The van der Waals surface area contributed by atoms with Gasteiger partial charge >= 0.3 is 5.97 Å². The van der Waals surface area contributed by atoms with Gasteiger partial charge in [-0.2, -0.15) is 0 Å². The summed E-state index contributed by atoms with van der Waals surface area (Å²) in [6.45, 7) is 4.30. The van der Waals surface area contributed by atoms with Crippen molar-refractivity contribution in [3.8, 4) is 5.75 Å². The predicted molar refractivity (Wildman–Crippen MR) is 100 cm³/mol. The van der Waals surface area contributed by atoms with Crippen LogP contribution in [-0.2, 0) is 16.0 Å². The lowest BCUT2D eigenvalue weighted by atomic mass is 10.1. The molecule has 150 valence electrons. The van der Waals surface area contributed by atoms with Crippen LogP contribution in [0.3, 0.4) is 0 Å². The minimum Gasteiger partial charge on any atom is -0.496 e. The molecule has 0 aliphatic heterocycles. The first-order valence-electron chi connectivity index (χ1n) is 8.48. The molecule has 0 bridgehead atoms. The number of aryl methyl sites for hydroxylation is 1. The van der Waals surface area contributed by atoms with Crippen LogP contribution >= 0.6 is 0 Å². The number of hydrogen-bond acceptors (Lipinski definition) is 7. The third-order valence-electron chi connectivity index (χ3n) is 4.34. The Morgan fingerprint density at radius 2 is 1.86 bits per heavy atom. The molecule has 1 aromatic heterocycles. The summed E-state index contributed by atoms with van der Waals surface area (Å²) in [5, 5.41) is 10.9. The molecular formula is C19H22N2O7. The number of nitrogens with zero attached hydrogens (tertiary/aromatic N) is 2. The number of aromatic nitrogens is 1. The SMILES string of the molecule is COCCn1c(C)cc(C(=O)COC(=O)c2cc([N+](=O)[O-])ccc2OC)c1C. The molecule has 0 amide bonds. The number of nitro groups is 1. The highest BCUT2D eigenvalue weighted by Crippen LogP contribution is 2.25. The average molecular weight is 390 g/mol. The molecule has 0 N–H and O–H groups in total. The summed E-state index contributed by atoms with van der Waals surface area (Å²) in [6, 6.07) is 5.31. The van der Waals surface area contributed by atoms with E-state index < -0.39 is 17.5 Å². The van der Waals surface area contributed by atoms with Crippen LogP contribution in [0, 0.1) is 24.0 Å². The van der Waals surface area contributed by atoms with E-state index in [2.05, 4.69) is 0 Å². The second-order valence-corrected chi connectivity index (χ2v) is 6.07. The van der Waals surface area contributed by atoms with Crippen LogP contribution in [-0.4, -0.2) is 48.7 Å². The highest BCUT2D eigenvalue weighted by molar-refractivity contribution is 6.01. The van der Waals surface area contributed by atoms with Gasteiger partial charge in [-0.1, -0.05) is 0 Å². The molecule has 0 unspecified atom stereocenters. The third kappa shape index (κ3) is 4.55. The van der Waals surface area contributed by atoms with E-state index in [4.69, 9.17) is 14.2 Å². The molecule has 2 rings (SSSR count). The maximum Gasteiger partial charge on any atom is 0.342 e. The van der Waals surface area contributed by atoms with Crippen molar-refractivity contribution in [2.24, 2.45) is 0 Å². The largest absolute Gasteiger partial charge is 0.496 e. The van der Waals surface area contributed by atoms with Crippen molar-refractivity contribution < 1.29 is 28.7 Å². The highest BCUT2D eigenvalue weighted by atomic mass is 16.6. The lowest BCUT2D eigenvalue weighted by Gasteiger charge is -2.10. The molecule has 0 radical (unpaired) electrons. The molecule has 0 aliphatic rings. The van der Waals surface area contributed by atoms with E-state index in [9.17, 15) is 19.7 Å². The third-order valence-corrected chi connectivity index (χ3v) is 4.34. The number of carbonyl (C=O) groups excluding carboxylic acids is 2. The summed E-state index contributed by atoms with van der Waals surface area (Å²) in [5.74, 6) is -1.11. The van der Waals surface area contributed by atoms with Gasteiger partial charge in [-0.15, -0.1) is 0 Å². The van der Waals surface area contributed by atoms with Crippen LogP contribution < -0.4 is 4.74 Å². The Kier molecular flexibility index (Phi) is 6.89. The first-order valence-corrected chi connectivity index (χ1v) is 8.48. The standard InChI is InChI=1S/C19H22N2O7/c1-12-9-15(13(2)20(12)7-8-26-3)17(22)11-28-19(23)16-10-14(21(24)25)5-6-18(16)27-4/h5-6,9-10H,7-8,11H2,1-4H3. The lowest BCUT2D eigenvalue weighted by Crippen LogP contribution is -2.16. The fraction of sp³-hybridized carbons (Fsp3) is 0.368. The first-order chi connectivity index (χ1) is 13.3. The smallest absolute Gasteiger partial charge is 0.342 e. The number of benzene rings is 1. The monoisotopic (exact) mass is 390 g/mol. The number of nitro benzene ring substituents is 1. The number of esters is 1. The first kappa shape index (κ1) is 21.1. The summed E-state index contributed by atoms with van der Waals surface area (Å²) >= 11 is 0. The normalized spacial score (nSPS) is 10.6. The van der Waals surface area contributed by atoms with Crippen LogP contribution in [0.25, 0.3) is 0 Å². The van der Waals surface area contributed by atoms with Crippen molar-refractivity contribution in [1.29, 1.82) is 0 Å². The fourth-order valence-electron chi connectivity index (χ4n) is 2.87. The second-order valence-electron chi connectivity index (χ2n) is 6.07. The number of methoxy groups -OCH3 is 2. The summed E-state index contributed by atoms with van der Waals surface area (Å²) < 4.78 is 17.1. The zero-order chi connectivity index (χ0) is 20.8. The van der Waals surface area contributed by atoms with E-state index in [-0.39, 0.29) is 22.8 Å². The molecule has 1 heterocycles. The van der Waals surface area contributed by atoms with Gasteiger partial charge in [0.2, 0.25) is 5.78 Å². The summed E-state index contributed by atoms with van der Waals surface area (Å²) in [7, 11) is 2.93. The van der Waals surface area contributed by atoms with Crippen molar-refractivity contribution in [2.45, 2.75) is 20.4 Å². The van der Waals surface area contributed by atoms with E-state index >= 15 is 0 Å². The Balaban J connectivity index is 2.14. The van der Waals surface area contributed by atoms with Gasteiger partial charge < -0.3 is 18.8 Å². The molecule has 9 nitrogen and oxygen atoms in total. The van der Waals surface area contributed by atoms with Crippen LogP contribution in [0.5, 0.6) is 5.75 Å². The minimum atomic E-state index is -0.873. The minimum absolute atomic E-state index is 0.116. The van der Waals surface area contributed by atoms with Crippen molar-refractivity contribution in [3.05, 3.63) is 56.9 Å². The molecule has 0 saturated heterocycles. The van der Waals surface area contributed by atoms with Crippen molar-refractivity contribution in [1.82, 2.24) is 4.57 Å². The Morgan fingerprint density at radius 3 is 2.46 bits per heavy atom. The van der Waals surface area contributed by atoms with Gasteiger partial charge in [0, 0.05) is 42.7 Å².